The number of ether oxygens (including phenoxy) is 3. The quantitative estimate of drug-likeness (QED) is 0.0887. The smallest absolute Gasteiger partial charge is 0.220 e. The highest BCUT2D eigenvalue weighted by Gasteiger charge is 2.26. The van der Waals surface area contributed by atoms with Crippen molar-refractivity contribution in [1.29, 1.82) is 0 Å². The van der Waals surface area contributed by atoms with Crippen molar-refractivity contribution >= 4 is 27.7 Å². The van der Waals surface area contributed by atoms with E-state index in [2.05, 4.69) is 26.1 Å². The van der Waals surface area contributed by atoms with Gasteiger partial charge in [0.05, 0.1) is 17.7 Å². The lowest BCUT2D eigenvalue weighted by molar-refractivity contribution is -0.479. The molecule has 40 heavy (non-hydrogen) atoms. The number of rotatable bonds is 13. The van der Waals surface area contributed by atoms with Gasteiger partial charge in [-0.25, -0.2) is 4.39 Å². The molecule has 3 aromatic carbocycles. The SMILES string of the molecule is CCOc1ccc(-n2c(C)nnc2S[C@@H](C[N+](=O)[O-])c2cc(Br)c(OCc3ccccc3F)c(OCC)c2)cc1. The number of nitro groups is 1. The van der Waals surface area contributed by atoms with Crippen LogP contribution in [0.3, 0.4) is 0 Å². The number of benzene rings is 3. The molecule has 0 unspecified atom stereocenters. The number of aryl methyl sites for hydroxylation is 1. The van der Waals surface area contributed by atoms with Crippen LogP contribution in [-0.2, 0) is 6.61 Å². The van der Waals surface area contributed by atoms with Crippen LogP contribution in [0.2, 0.25) is 0 Å². The first kappa shape index (κ1) is 29.3. The lowest BCUT2D eigenvalue weighted by Gasteiger charge is -2.19. The number of hydrogen-bond acceptors (Lipinski definition) is 8. The first-order chi connectivity index (χ1) is 19.3. The van der Waals surface area contributed by atoms with Crippen LogP contribution < -0.4 is 14.2 Å². The molecule has 4 aromatic rings. The predicted octanol–water partition coefficient (Wildman–Crippen LogP) is 6.96. The molecule has 0 aliphatic rings. The molecule has 0 aliphatic heterocycles. The van der Waals surface area contributed by atoms with Crippen LogP contribution in [0.5, 0.6) is 17.2 Å². The van der Waals surface area contributed by atoms with Crippen LogP contribution in [-0.4, -0.2) is 39.4 Å². The molecule has 4 rings (SSSR count). The topological polar surface area (TPSA) is 102 Å². The fourth-order valence-electron chi connectivity index (χ4n) is 3.99. The van der Waals surface area contributed by atoms with Gasteiger partial charge in [0, 0.05) is 16.2 Å². The minimum absolute atomic E-state index is 0.0117. The molecule has 0 N–H and O–H groups in total. The second-order valence-electron chi connectivity index (χ2n) is 8.56. The Bertz CT molecular complexity index is 1470. The molecular weight excluding hydrogens is 603 g/mol. The number of hydrogen-bond donors (Lipinski definition) is 0. The molecule has 1 heterocycles. The van der Waals surface area contributed by atoms with Gasteiger partial charge in [-0.3, -0.25) is 14.7 Å². The summed E-state index contributed by atoms with van der Waals surface area (Å²) in [6.45, 7) is 6.08. The van der Waals surface area contributed by atoms with Crippen LogP contribution in [0.4, 0.5) is 4.39 Å². The zero-order valence-corrected chi connectivity index (χ0v) is 24.6. The van der Waals surface area contributed by atoms with Crippen molar-refractivity contribution in [1.82, 2.24) is 14.8 Å². The summed E-state index contributed by atoms with van der Waals surface area (Å²) in [7, 11) is 0. The molecule has 9 nitrogen and oxygen atoms in total. The zero-order chi connectivity index (χ0) is 28.6. The van der Waals surface area contributed by atoms with Crippen LogP contribution in [0.25, 0.3) is 5.69 Å². The summed E-state index contributed by atoms with van der Waals surface area (Å²) >= 11 is 4.76. The van der Waals surface area contributed by atoms with E-state index in [9.17, 15) is 14.5 Å². The number of nitrogens with zero attached hydrogens (tertiary/aromatic N) is 4. The summed E-state index contributed by atoms with van der Waals surface area (Å²) < 4.78 is 33.8. The first-order valence-electron chi connectivity index (χ1n) is 12.6. The van der Waals surface area contributed by atoms with Crippen LogP contribution in [0, 0.1) is 22.9 Å². The van der Waals surface area contributed by atoms with Gasteiger partial charge in [-0.1, -0.05) is 30.0 Å². The van der Waals surface area contributed by atoms with Crippen molar-refractivity contribution in [2.75, 3.05) is 19.8 Å². The number of thioether (sulfide) groups is 1. The van der Waals surface area contributed by atoms with E-state index >= 15 is 0 Å². The van der Waals surface area contributed by atoms with E-state index in [1.54, 1.807) is 30.3 Å². The summed E-state index contributed by atoms with van der Waals surface area (Å²) in [4.78, 5) is 11.4. The highest BCUT2D eigenvalue weighted by molar-refractivity contribution is 9.10. The van der Waals surface area contributed by atoms with Gasteiger partial charge in [-0.2, -0.15) is 0 Å². The Labute approximate surface area is 243 Å². The minimum atomic E-state index is -0.629. The van der Waals surface area contributed by atoms with E-state index in [1.807, 2.05) is 49.6 Å². The molecule has 210 valence electrons. The van der Waals surface area contributed by atoms with Gasteiger partial charge in [-0.05, 0) is 84.7 Å². The molecule has 12 heteroatoms. The average Bonchev–Trinajstić information content (AvgIpc) is 3.28. The Morgan fingerprint density at radius 2 is 1.77 bits per heavy atom. The lowest BCUT2D eigenvalue weighted by Crippen LogP contribution is -2.12. The normalized spacial score (nSPS) is 11.7. The molecule has 0 aliphatic carbocycles. The lowest BCUT2D eigenvalue weighted by atomic mass is 10.1. The predicted molar refractivity (Wildman–Crippen MR) is 154 cm³/mol. The van der Waals surface area contributed by atoms with Crippen LogP contribution >= 0.6 is 27.7 Å². The summed E-state index contributed by atoms with van der Waals surface area (Å²) in [6, 6.07) is 17.3. The summed E-state index contributed by atoms with van der Waals surface area (Å²) in [5, 5.41) is 20.1. The molecule has 0 fully saturated rings. The van der Waals surface area contributed by atoms with Crippen LogP contribution in [0.15, 0.2) is 70.3 Å². The number of halogens is 2. The van der Waals surface area contributed by atoms with Crippen molar-refractivity contribution in [3.8, 4) is 22.9 Å². The van der Waals surface area contributed by atoms with Crippen molar-refractivity contribution in [2.24, 2.45) is 0 Å². The van der Waals surface area contributed by atoms with Gasteiger partial charge < -0.3 is 14.2 Å². The summed E-state index contributed by atoms with van der Waals surface area (Å²) in [5.74, 6) is 1.78. The number of aromatic nitrogens is 3. The van der Waals surface area contributed by atoms with E-state index in [4.69, 9.17) is 14.2 Å². The maximum atomic E-state index is 14.1. The van der Waals surface area contributed by atoms with Gasteiger partial charge in [0.25, 0.3) is 0 Å². The Balaban J connectivity index is 1.66. The second kappa shape index (κ2) is 13.6. The van der Waals surface area contributed by atoms with Crippen molar-refractivity contribution < 1.29 is 23.5 Å². The standard InChI is InChI=1S/C28H28BrFN4O5S/c1-4-37-22-12-10-21(11-13-22)34-18(3)31-32-28(34)40-26(16-33(35)36)20-14-23(29)27(25(15-20)38-5-2)39-17-19-8-6-7-9-24(19)30/h6-15,26H,4-5,16-17H2,1-3H3/t26-/m0/s1. The Morgan fingerprint density at radius 3 is 2.45 bits per heavy atom. The first-order valence-corrected chi connectivity index (χ1v) is 14.2. The second-order valence-corrected chi connectivity index (χ2v) is 10.6. The Hall–Kier alpha value is -3.64. The minimum Gasteiger partial charge on any atom is -0.494 e. The van der Waals surface area contributed by atoms with Gasteiger partial charge in [0.1, 0.15) is 29.2 Å². The van der Waals surface area contributed by atoms with Gasteiger partial charge in [-0.15, -0.1) is 10.2 Å². The molecule has 0 spiro atoms. The van der Waals surface area contributed by atoms with Crippen LogP contribution in [0.1, 0.15) is 36.0 Å². The van der Waals surface area contributed by atoms with Gasteiger partial charge in [0.15, 0.2) is 16.7 Å². The van der Waals surface area contributed by atoms with Gasteiger partial charge in [0.2, 0.25) is 6.54 Å². The van der Waals surface area contributed by atoms with E-state index < -0.39 is 5.25 Å². The highest BCUT2D eigenvalue weighted by atomic mass is 79.9. The van der Waals surface area contributed by atoms with Crippen molar-refractivity contribution in [3.05, 3.63) is 98.0 Å². The van der Waals surface area contributed by atoms with Gasteiger partial charge >= 0.3 is 0 Å². The largest absolute Gasteiger partial charge is 0.494 e. The maximum absolute atomic E-state index is 14.1. The summed E-state index contributed by atoms with van der Waals surface area (Å²) in [5.41, 5.74) is 1.84. The fourth-order valence-corrected chi connectivity index (χ4v) is 5.72. The monoisotopic (exact) mass is 630 g/mol. The molecule has 0 saturated carbocycles. The summed E-state index contributed by atoms with van der Waals surface area (Å²) in [6.07, 6.45) is 0. The van der Waals surface area contributed by atoms with Crippen molar-refractivity contribution in [3.63, 3.8) is 0 Å². The van der Waals surface area contributed by atoms with E-state index in [1.165, 1.54) is 17.8 Å². The molecule has 0 radical (unpaired) electrons. The van der Waals surface area contributed by atoms with E-state index in [-0.39, 0.29) is 23.9 Å². The third kappa shape index (κ3) is 7.11. The highest BCUT2D eigenvalue weighted by Crippen LogP contribution is 2.43. The average molecular weight is 632 g/mol. The third-order valence-corrected chi connectivity index (χ3v) is 7.57. The fraction of sp³-hybridized carbons (Fsp3) is 0.286. The zero-order valence-electron chi connectivity index (χ0n) is 22.2. The Kier molecular flexibility index (Phi) is 9.99. The van der Waals surface area contributed by atoms with E-state index in [0.29, 0.717) is 51.3 Å². The Morgan fingerprint density at radius 1 is 1.05 bits per heavy atom. The third-order valence-electron chi connectivity index (χ3n) is 5.80. The molecule has 0 saturated heterocycles. The molecule has 1 aromatic heterocycles. The maximum Gasteiger partial charge on any atom is 0.220 e. The molecular formula is C28H28BrFN4O5S. The molecule has 0 bridgehead atoms. The molecule has 0 amide bonds. The van der Waals surface area contributed by atoms with E-state index in [0.717, 1.165) is 11.4 Å². The van der Waals surface area contributed by atoms with Crippen molar-refractivity contribution in [2.45, 2.75) is 37.8 Å². The molecule has 1 atom stereocenters.